The SMILES string of the molecule is Cc1ccc(NCc2ccc(Cl)cc2)c(C)c1O. The van der Waals surface area contributed by atoms with Gasteiger partial charge in [0.2, 0.25) is 0 Å². The molecule has 2 aromatic rings. The van der Waals surface area contributed by atoms with Gasteiger partial charge in [-0.25, -0.2) is 0 Å². The van der Waals surface area contributed by atoms with Crippen LogP contribution in [0.1, 0.15) is 16.7 Å². The Bertz CT molecular complexity index is 549. The molecule has 0 fully saturated rings. The van der Waals surface area contributed by atoms with E-state index in [1.807, 2.05) is 50.2 Å². The summed E-state index contributed by atoms with van der Waals surface area (Å²) in [5.41, 5.74) is 3.88. The Kier molecular flexibility index (Phi) is 3.78. The fourth-order valence-corrected chi connectivity index (χ4v) is 1.95. The molecule has 0 bridgehead atoms. The van der Waals surface area contributed by atoms with E-state index in [0.29, 0.717) is 12.3 Å². The minimum absolute atomic E-state index is 0.358. The molecule has 2 N–H and O–H groups in total. The smallest absolute Gasteiger partial charge is 0.123 e. The molecule has 0 aliphatic carbocycles. The van der Waals surface area contributed by atoms with E-state index in [-0.39, 0.29) is 0 Å². The molecule has 0 saturated heterocycles. The molecule has 0 heterocycles. The van der Waals surface area contributed by atoms with E-state index < -0.39 is 0 Å². The highest BCUT2D eigenvalue weighted by atomic mass is 35.5. The van der Waals surface area contributed by atoms with Gasteiger partial charge in [-0.2, -0.15) is 0 Å². The van der Waals surface area contributed by atoms with Crippen molar-refractivity contribution in [2.24, 2.45) is 0 Å². The Morgan fingerprint density at radius 1 is 1.06 bits per heavy atom. The molecule has 18 heavy (non-hydrogen) atoms. The lowest BCUT2D eigenvalue weighted by Gasteiger charge is -2.12. The van der Waals surface area contributed by atoms with E-state index in [4.69, 9.17) is 11.6 Å². The van der Waals surface area contributed by atoms with Crippen molar-refractivity contribution in [3.63, 3.8) is 0 Å². The Hall–Kier alpha value is -1.67. The van der Waals surface area contributed by atoms with Gasteiger partial charge in [-0.05, 0) is 43.2 Å². The van der Waals surface area contributed by atoms with Gasteiger partial charge >= 0.3 is 0 Å². The molecule has 0 spiro atoms. The molecule has 0 aromatic heterocycles. The Balaban J connectivity index is 2.11. The fraction of sp³-hybridized carbons (Fsp3) is 0.200. The number of nitrogens with one attached hydrogen (secondary N) is 1. The number of anilines is 1. The van der Waals surface area contributed by atoms with Crippen LogP contribution in [-0.2, 0) is 6.54 Å². The molecule has 0 unspecified atom stereocenters. The first-order valence-corrected chi connectivity index (χ1v) is 6.23. The highest BCUT2D eigenvalue weighted by Gasteiger charge is 2.05. The summed E-state index contributed by atoms with van der Waals surface area (Å²) in [7, 11) is 0. The number of hydrogen-bond acceptors (Lipinski definition) is 2. The van der Waals surface area contributed by atoms with E-state index in [2.05, 4.69) is 5.32 Å². The lowest BCUT2D eigenvalue weighted by Crippen LogP contribution is -2.01. The molecule has 2 nitrogen and oxygen atoms in total. The Morgan fingerprint density at radius 3 is 2.39 bits per heavy atom. The maximum Gasteiger partial charge on any atom is 0.123 e. The minimum Gasteiger partial charge on any atom is -0.507 e. The molecular formula is C15H16ClNO. The molecule has 0 atom stereocenters. The summed E-state index contributed by atoms with van der Waals surface area (Å²) < 4.78 is 0. The van der Waals surface area contributed by atoms with Crippen LogP contribution >= 0.6 is 11.6 Å². The predicted octanol–water partition coefficient (Wildman–Crippen LogP) is 4.27. The zero-order chi connectivity index (χ0) is 13.1. The summed E-state index contributed by atoms with van der Waals surface area (Å²) >= 11 is 5.84. The fourth-order valence-electron chi connectivity index (χ4n) is 1.83. The van der Waals surface area contributed by atoms with E-state index in [9.17, 15) is 5.11 Å². The molecule has 94 valence electrons. The number of phenolic OH excluding ortho intramolecular Hbond substituents is 1. The monoisotopic (exact) mass is 261 g/mol. The van der Waals surface area contributed by atoms with Crippen LogP contribution in [0.25, 0.3) is 0 Å². The first kappa shape index (κ1) is 12.8. The van der Waals surface area contributed by atoms with Crippen molar-refractivity contribution in [3.05, 3.63) is 58.1 Å². The predicted molar refractivity (Wildman–Crippen MR) is 76.4 cm³/mol. The van der Waals surface area contributed by atoms with Crippen LogP contribution in [-0.4, -0.2) is 5.11 Å². The lowest BCUT2D eigenvalue weighted by atomic mass is 10.1. The first-order chi connectivity index (χ1) is 8.58. The summed E-state index contributed by atoms with van der Waals surface area (Å²) in [6.45, 7) is 4.51. The number of hydrogen-bond donors (Lipinski definition) is 2. The maximum atomic E-state index is 9.86. The van der Waals surface area contributed by atoms with Gasteiger partial charge in [0.05, 0.1) is 0 Å². The molecule has 2 rings (SSSR count). The van der Waals surface area contributed by atoms with Gasteiger partial charge in [-0.3, -0.25) is 0 Å². The van der Waals surface area contributed by atoms with Crippen molar-refractivity contribution >= 4 is 17.3 Å². The van der Waals surface area contributed by atoms with Gasteiger partial charge in [0.25, 0.3) is 0 Å². The van der Waals surface area contributed by atoms with Crippen LogP contribution in [0.15, 0.2) is 36.4 Å². The second-order valence-electron chi connectivity index (χ2n) is 4.38. The summed E-state index contributed by atoms with van der Waals surface area (Å²) in [5, 5.41) is 13.9. The molecule has 2 aromatic carbocycles. The third-order valence-corrected chi connectivity index (χ3v) is 3.28. The topological polar surface area (TPSA) is 32.3 Å². The second kappa shape index (κ2) is 5.32. The number of halogens is 1. The van der Waals surface area contributed by atoms with Crippen molar-refractivity contribution in [1.82, 2.24) is 0 Å². The van der Waals surface area contributed by atoms with Crippen LogP contribution in [0.2, 0.25) is 5.02 Å². The van der Waals surface area contributed by atoms with E-state index in [0.717, 1.165) is 27.4 Å². The highest BCUT2D eigenvalue weighted by Crippen LogP contribution is 2.28. The molecule has 0 aliphatic heterocycles. The molecular weight excluding hydrogens is 246 g/mol. The van der Waals surface area contributed by atoms with E-state index >= 15 is 0 Å². The summed E-state index contributed by atoms with van der Waals surface area (Å²) in [6.07, 6.45) is 0. The maximum absolute atomic E-state index is 9.86. The summed E-state index contributed by atoms with van der Waals surface area (Å²) in [4.78, 5) is 0. The zero-order valence-electron chi connectivity index (χ0n) is 10.5. The average molecular weight is 262 g/mol. The molecule has 0 saturated carbocycles. The quantitative estimate of drug-likeness (QED) is 0.865. The van der Waals surface area contributed by atoms with Gasteiger partial charge in [0.15, 0.2) is 0 Å². The van der Waals surface area contributed by atoms with Gasteiger partial charge in [0.1, 0.15) is 5.75 Å². The number of phenols is 1. The van der Waals surface area contributed by atoms with Crippen molar-refractivity contribution in [1.29, 1.82) is 0 Å². The number of benzene rings is 2. The third kappa shape index (κ3) is 2.77. The zero-order valence-corrected chi connectivity index (χ0v) is 11.3. The van der Waals surface area contributed by atoms with Crippen LogP contribution in [0.5, 0.6) is 5.75 Å². The third-order valence-electron chi connectivity index (χ3n) is 3.03. The molecule has 0 aliphatic rings. The lowest BCUT2D eigenvalue weighted by molar-refractivity contribution is 0.467. The highest BCUT2D eigenvalue weighted by molar-refractivity contribution is 6.30. The number of aryl methyl sites for hydroxylation is 1. The molecule has 3 heteroatoms. The molecule has 0 amide bonds. The van der Waals surface area contributed by atoms with Crippen molar-refractivity contribution < 1.29 is 5.11 Å². The Morgan fingerprint density at radius 2 is 1.72 bits per heavy atom. The molecule has 0 radical (unpaired) electrons. The van der Waals surface area contributed by atoms with Crippen LogP contribution in [0.4, 0.5) is 5.69 Å². The number of rotatable bonds is 3. The van der Waals surface area contributed by atoms with Crippen molar-refractivity contribution in [2.45, 2.75) is 20.4 Å². The minimum atomic E-state index is 0.358. The summed E-state index contributed by atoms with van der Waals surface area (Å²) in [6, 6.07) is 11.6. The van der Waals surface area contributed by atoms with Crippen LogP contribution in [0, 0.1) is 13.8 Å². The normalized spacial score (nSPS) is 10.4. The Labute approximate surface area is 112 Å². The van der Waals surface area contributed by atoms with E-state index in [1.54, 1.807) is 0 Å². The average Bonchev–Trinajstić information content (AvgIpc) is 2.37. The van der Waals surface area contributed by atoms with Crippen LogP contribution < -0.4 is 5.32 Å². The van der Waals surface area contributed by atoms with Gasteiger partial charge in [-0.1, -0.05) is 29.8 Å². The largest absolute Gasteiger partial charge is 0.507 e. The standard InChI is InChI=1S/C15H16ClNO/c1-10-3-8-14(11(2)15(10)18)17-9-12-4-6-13(16)7-5-12/h3-8,17-18H,9H2,1-2H3. The van der Waals surface area contributed by atoms with Crippen molar-refractivity contribution in [3.8, 4) is 5.75 Å². The van der Waals surface area contributed by atoms with Crippen molar-refractivity contribution in [2.75, 3.05) is 5.32 Å². The van der Waals surface area contributed by atoms with Crippen LogP contribution in [0.3, 0.4) is 0 Å². The first-order valence-electron chi connectivity index (χ1n) is 5.85. The van der Waals surface area contributed by atoms with Gasteiger partial charge in [0, 0.05) is 22.8 Å². The number of aromatic hydroxyl groups is 1. The van der Waals surface area contributed by atoms with Gasteiger partial charge in [-0.15, -0.1) is 0 Å². The van der Waals surface area contributed by atoms with E-state index in [1.165, 1.54) is 0 Å². The van der Waals surface area contributed by atoms with Gasteiger partial charge < -0.3 is 10.4 Å². The second-order valence-corrected chi connectivity index (χ2v) is 4.82. The summed E-state index contributed by atoms with van der Waals surface area (Å²) in [5.74, 6) is 0.358.